The Hall–Kier alpha value is -3.02. The quantitative estimate of drug-likeness (QED) is 0.396. The molecule has 1 aliphatic rings. The van der Waals surface area contributed by atoms with Crippen LogP contribution in [0.4, 0.5) is 5.69 Å². The van der Waals surface area contributed by atoms with Crippen LogP contribution in [0, 0.1) is 0 Å². The maximum absolute atomic E-state index is 12.7. The summed E-state index contributed by atoms with van der Waals surface area (Å²) >= 11 is 6.74. The second-order valence-electron chi connectivity index (χ2n) is 6.53. The minimum atomic E-state index is -4.06. The Morgan fingerprint density at radius 2 is 1.84 bits per heavy atom. The van der Waals surface area contributed by atoms with E-state index in [-0.39, 0.29) is 21.7 Å². The third-order valence-corrected chi connectivity index (χ3v) is 7.22. The lowest BCUT2D eigenvalue weighted by Gasteiger charge is -2.18. The number of aromatic nitrogens is 2. The molecule has 0 saturated heterocycles. The first-order valence-corrected chi connectivity index (χ1v) is 12.1. The van der Waals surface area contributed by atoms with Gasteiger partial charge in [0, 0.05) is 16.8 Å². The number of hydrogen-bond donors (Lipinski definition) is 2. The second-order valence-corrected chi connectivity index (χ2v) is 9.85. The van der Waals surface area contributed by atoms with Gasteiger partial charge in [-0.1, -0.05) is 23.4 Å². The van der Waals surface area contributed by atoms with Gasteiger partial charge < -0.3 is 19.8 Å². The molecule has 0 fully saturated rings. The van der Waals surface area contributed by atoms with Gasteiger partial charge in [0.2, 0.25) is 15.7 Å². The number of hydrogen-bond acceptors (Lipinski definition) is 8. The fraction of sp³-hybridized carbons (Fsp3) is 0.150. The Kier molecular flexibility index (Phi) is 6.40. The zero-order chi connectivity index (χ0) is 22.7. The van der Waals surface area contributed by atoms with E-state index in [1.54, 1.807) is 18.2 Å². The average Bonchev–Trinajstić information content (AvgIpc) is 2.78. The molecule has 0 radical (unpaired) electrons. The standard InChI is InChI=1S/C20H16ClN3O6S2/c21-12-1-4-14(5-2-12)32(27,28)17-10-22-20(24-19(17)26)31-11-18(25)23-13-3-6-15-16(9-13)30-8-7-29-15/h1-6,9-10H,7-8,11H2,(H,23,25)(H,22,24,26). The first-order chi connectivity index (χ1) is 15.3. The van der Waals surface area contributed by atoms with Crippen LogP contribution in [0.5, 0.6) is 11.5 Å². The van der Waals surface area contributed by atoms with Crippen molar-refractivity contribution in [3.05, 3.63) is 64.0 Å². The molecular formula is C20H16ClN3O6S2. The minimum absolute atomic E-state index is 0.0549. The monoisotopic (exact) mass is 493 g/mol. The summed E-state index contributed by atoms with van der Waals surface area (Å²) in [5, 5.41) is 3.20. The molecule has 0 aliphatic carbocycles. The molecule has 0 saturated carbocycles. The SMILES string of the molecule is O=C(CSc1ncc(S(=O)(=O)c2ccc(Cl)cc2)c(=O)[nH]1)Nc1ccc2c(c1)OCCO2. The molecule has 2 aromatic carbocycles. The Morgan fingerprint density at radius 1 is 1.12 bits per heavy atom. The number of rotatable bonds is 6. The predicted octanol–water partition coefficient (Wildman–Crippen LogP) is 2.76. The minimum Gasteiger partial charge on any atom is -0.486 e. The third-order valence-electron chi connectivity index (χ3n) is 4.32. The number of sulfone groups is 1. The number of carbonyl (C=O) groups excluding carboxylic acids is 1. The van der Waals surface area contributed by atoms with Crippen molar-refractivity contribution in [2.75, 3.05) is 24.3 Å². The summed E-state index contributed by atoms with van der Waals surface area (Å²) in [4.78, 5) is 30.4. The number of aromatic amines is 1. The van der Waals surface area contributed by atoms with Crippen LogP contribution >= 0.6 is 23.4 Å². The number of anilines is 1. The molecule has 2 heterocycles. The summed E-state index contributed by atoms with van der Waals surface area (Å²) in [5.41, 5.74) is -0.296. The van der Waals surface area contributed by atoms with Crippen LogP contribution in [0.2, 0.25) is 5.02 Å². The summed E-state index contributed by atoms with van der Waals surface area (Å²) in [5.74, 6) is 0.761. The molecule has 0 unspecified atom stereocenters. The van der Waals surface area contributed by atoms with E-state index < -0.39 is 20.3 Å². The molecule has 0 spiro atoms. The highest BCUT2D eigenvalue weighted by atomic mass is 35.5. The first kappa shape index (κ1) is 22.2. The van der Waals surface area contributed by atoms with Crippen LogP contribution < -0.4 is 20.3 Å². The van der Waals surface area contributed by atoms with Crippen molar-refractivity contribution in [2.24, 2.45) is 0 Å². The average molecular weight is 494 g/mol. The number of H-pyrrole nitrogens is 1. The largest absolute Gasteiger partial charge is 0.486 e. The molecule has 4 rings (SSSR count). The number of carbonyl (C=O) groups is 1. The van der Waals surface area contributed by atoms with Gasteiger partial charge in [0.1, 0.15) is 13.2 Å². The molecule has 1 amide bonds. The van der Waals surface area contributed by atoms with Gasteiger partial charge in [0.25, 0.3) is 5.56 Å². The van der Waals surface area contributed by atoms with E-state index in [4.69, 9.17) is 21.1 Å². The molecule has 2 N–H and O–H groups in total. The lowest BCUT2D eigenvalue weighted by Crippen LogP contribution is -2.20. The lowest BCUT2D eigenvalue weighted by atomic mass is 10.2. The molecule has 166 valence electrons. The summed E-state index contributed by atoms with van der Waals surface area (Å²) in [7, 11) is -4.06. The fourth-order valence-corrected chi connectivity index (χ4v) is 4.82. The van der Waals surface area contributed by atoms with E-state index in [2.05, 4.69) is 15.3 Å². The van der Waals surface area contributed by atoms with Crippen molar-refractivity contribution in [1.82, 2.24) is 9.97 Å². The molecule has 12 heteroatoms. The van der Waals surface area contributed by atoms with Crippen LogP contribution in [0.15, 0.2) is 68.4 Å². The predicted molar refractivity (Wildman–Crippen MR) is 119 cm³/mol. The summed E-state index contributed by atoms with van der Waals surface area (Å²) in [6.45, 7) is 0.906. The van der Waals surface area contributed by atoms with Crippen LogP contribution in [-0.2, 0) is 14.6 Å². The molecule has 3 aromatic rings. The molecule has 1 aliphatic heterocycles. The number of nitrogens with zero attached hydrogens (tertiary/aromatic N) is 1. The van der Waals surface area contributed by atoms with Crippen molar-refractivity contribution in [1.29, 1.82) is 0 Å². The normalized spacial score (nSPS) is 12.9. The van der Waals surface area contributed by atoms with E-state index >= 15 is 0 Å². The van der Waals surface area contributed by atoms with Crippen molar-refractivity contribution < 1.29 is 22.7 Å². The maximum Gasteiger partial charge on any atom is 0.270 e. The zero-order valence-electron chi connectivity index (χ0n) is 16.3. The summed E-state index contributed by atoms with van der Waals surface area (Å²) < 4.78 is 36.2. The molecule has 1 aromatic heterocycles. The van der Waals surface area contributed by atoms with Crippen molar-refractivity contribution in [2.45, 2.75) is 14.9 Å². The van der Waals surface area contributed by atoms with Gasteiger partial charge in [-0.15, -0.1) is 0 Å². The van der Waals surface area contributed by atoms with Gasteiger partial charge >= 0.3 is 0 Å². The lowest BCUT2D eigenvalue weighted by molar-refractivity contribution is -0.113. The second kappa shape index (κ2) is 9.23. The highest BCUT2D eigenvalue weighted by Crippen LogP contribution is 2.32. The van der Waals surface area contributed by atoms with Gasteiger partial charge in [0.05, 0.1) is 16.8 Å². The summed E-state index contributed by atoms with van der Waals surface area (Å²) in [6.07, 6.45) is 0.976. The number of ether oxygens (including phenoxy) is 2. The highest BCUT2D eigenvalue weighted by molar-refractivity contribution is 7.99. The third kappa shape index (κ3) is 4.90. The topological polar surface area (TPSA) is 127 Å². The van der Waals surface area contributed by atoms with Crippen molar-refractivity contribution in [3.8, 4) is 11.5 Å². The van der Waals surface area contributed by atoms with Crippen LogP contribution in [-0.4, -0.2) is 43.3 Å². The van der Waals surface area contributed by atoms with E-state index in [1.165, 1.54) is 24.3 Å². The number of nitrogens with one attached hydrogen (secondary N) is 2. The van der Waals surface area contributed by atoms with E-state index in [0.29, 0.717) is 35.4 Å². The van der Waals surface area contributed by atoms with E-state index in [0.717, 1.165) is 18.0 Å². The molecule has 0 atom stereocenters. The smallest absolute Gasteiger partial charge is 0.270 e. The Morgan fingerprint density at radius 3 is 2.56 bits per heavy atom. The summed E-state index contributed by atoms with van der Waals surface area (Å²) in [6, 6.07) is 10.5. The number of thioether (sulfide) groups is 1. The molecule has 32 heavy (non-hydrogen) atoms. The highest BCUT2D eigenvalue weighted by Gasteiger charge is 2.22. The van der Waals surface area contributed by atoms with Gasteiger partial charge in [-0.2, -0.15) is 0 Å². The Balaban J connectivity index is 1.41. The maximum atomic E-state index is 12.7. The molecule has 9 nitrogen and oxygen atoms in total. The number of amides is 1. The van der Waals surface area contributed by atoms with Crippen molar-refractivity contribution >= 4 is 44.8 Å². The Bertz CT molecular complexity index is 1330. The number of benzene rings is 2. The Labute approximate surface area is 192 Å². The molecular weight excluding hydrogens is 478 g/mol. The van der Waals surface area contributed by atoms with Gasteiger partial charge in [-0.25, -0.2) is 13.4 Å². The zero-order valence-corrected chi connectivity index (χ0v) is 18.7. The van der Waals surface area contributed by atoms with Crippen LogP contribution in [0.3, 0.4) is 0 Å². The van der Waals surface area contributed by atoms with Crippen LogP contribution in [0.1, 0.15) is 0 Å². The number of fused-ring (bicyclic) bond motifs is 1. The van der Waals surface area contributed by atoms with E-state index in [9.17, 15) is 18.0 Å². The molecule has 0 bridgehead atoms. The first-order valence-electron chi connectivity index (χ1n) is 9.25. The van der Waals surface area contributed by atoms with Gasteiger partial charge in [-0.3, -0.25) is 9.59 Å². The van der Waals surface area contributed by atoms with Crippen LogP contribution in [0.25, 0.3) is 0 Å². The fourth-order valence-electron chi connectivity index (χ4n) is 2.82. The van der Waals surface area contributed by atoms with Crippen molar-refractivity contribution in [3.63, 3.8) is 0 Å². The van der Waals surface area contributed by atoms with E-state index in [1.807, 2.05) is 0 Å². The number of halogens is 1. The van der Waals surface area contributed by atoms with Gasteiger partial charge in [-0.05, 0) is 36.4 Å². The van der Waals surface area contributed by atoms with Gasteiger partial charge in [0.15, 0.2) is 21.6 Å².